The van der Waals surface area contributed by atoms with Gasteiger partial charge in [0.2, 0.25) is 5.91 Å². The number of anilines is 1. The number of amides is 2. The van der Waals surface area contributed by atoms with E-state index in [1.807, 2.05) is 0 Å². The summed E-state index contributed by atoms with van der Waals surface area (Å²) in [6.45, 7) is 1.91. The lowest BCUT2D eigenvalue weighted by atomic mass is 9.97. The maximum atomic E-state index is 12.5. The fraction of sp³-hybridized carbons (Fsp3) is 0.357. The number of ether oxygens (including phenoxy) is 1. The van der Waals surface area contributed by atoms with Gasteiger partial charge in [0.15, 0.2) is 0 Å². The van der Waals surface area contributed by atoms with E-state index in [4.69, 9.17) is 4.74 Å². The summed E-state index contributed by atoms with van der Waals surface area (Å²) in [5.41, 5.74) is 5.91. The number of hydrogen-bond acceptors (Lipinski definition) is 6. The van der Waals surface area contributed by atoms with Gasteiger partial charge >= 0.3 is 5.97 Å². The number of hydrazine groups is 1. The highest BCUT2D eigenvalue weighted by Crippen LogP contribution is 2.31. The van der Waals surface area contributed by atoms with Gasteiger partial charge in [0.25, 0.3) is 5.91 Å². The molecule has 2 heterocycles. The number of rotatable bonds is 3. The molecule has 2 N–H and O–H groups in total. The van der Waals surface area contributed by atoms with Crippen LogP contribution >= 0.6 is 0 Å². The van der Waals surface area contributed by atoms with Gasteiger partial charge in [-0.15, -0.1) is 0 Å². The highest BCUT2D eigenvalue weighted by atomic mass is 16.5. The Hall–Kier alpha value is -2.25. The summed E-state index contributed by atoms with van der Waals surface area (Å²) >= 11 is 0. The SMILES string of the molecule is CCOC(=O)C1NNC2C(=O)N(c3ccccc3)C(=O)C12. The Bertz CT molecular complexity index is 589. The van der Waals surface area contributed by atoms with Gasteiger partial charge < -0.3 is 4.74 Å². The Labute approximate surface area is 121 Å². The summed E-state index contributed by atoms with van der Waals surface area (Å²) in [7, 11) is 0. The number of fused-ring (bicyclic) bond motifs is 1. The number of para-hydroxylation sites is 1. The van der Waals surface area contributed by atoms with Crippen LogP contribution in [0, 0.1) is 5.92 Å². The van der Waals surface area contributed by atoms with Crippen LogP contribution in [-0.4, -0.2) is 36.5 Å². The first-order chi connectivity index (χ1) is 10.1. The number of imide groups is 1. The molecular weight excluding hydrogens is 274 g/mol. The van der Waals surface area contributed by atoms with Crippen LogP contribution in [0.2, 0.25) is 0 Å². The number of hydrogen-bond donors (Lipinski definition) is 2. The van der Waals surface area contributed by atoms with E-state index >= 15 is 0 Å². The first-order valence-corrected chi connectivity index (χ1v) is 6.75. The molecule has 0 radical (unpaired) electrons. The van der Waals surface area contributed by atoms with E-state index in [1.54, 1.807) is 37.3 Å². The topological polar surface area (TPSA) is 87.7 Å². The molecule has 7 heteroatoms. The minimum absolute atomic E-state index is 0.221. The second kappa shape index (κ2) is 5.27. The summed E-state index contributed by atoms with van der Waals surface area (Å²) in [6.07, 6.45) is 0. The summed E-state index contributed by atoms with van der Waals surface area (Å²) in [5.74, 6) is -2.08. The molecule has 2 saturated heterocycles. The van der Waals surface area contributed by atoms with E-state index in [2.05, 4.69) is 10.9 Å². The number of esters is 1. The highest BCUT2D eigenvalue weighted by molar-refractivity contribution is 6.24. The third-order valence-corrected chi connectivity index (χ3v) is 3.66. The average Bonchev–Trinajstić information content (AvgIpc) is 3.02. The van der Waals surface area contributed by atoms with Crippen LogP contribution in [0.1, 0.15) is 6.92 Å². The minimum atomic E-state index is -0.847. The molecule has 0 bridgehead atoms. The van der Waals surface area contributed by atoms with Crippen LogP contribution in [-0.2, 0) is 19.1 Å². The van der Waals surface area contributed by atoms with E-state index in [-0.39, 0.29) is 12.5 Å². The van der Waals surface area contributed by atoms with Crippen molar-refractivity contribution in [1.82, 2.24) is 10.9 Å². The lowest BCUT2D eigenvalue weighted by molar-refractivity contribution is -0.147. The molecular formula is C14H15N3O4. The van der Waals surface area contributed by atoms with Crippen LogP contribution in [0.25, 0.3) is 0 Å². The smallest absolute Gasteiger partial charge is 0.325 e. The van der Waals surface area contributed by atoms with Crippen molar-refractivity contribution in [2.45, 2.75) is 19.0 Å². The summed E-state index contributed by atoms with van der Waals surface area (Å²) in [4.78, 5) is 37.9. The van der Waals surface area contributed by atoms with Crippen LogP contribution in [0.3, 0.4) is 0 Å². The normalized spacial score (nSPS) is 27.9. The zero-order valence-corrected chi connectivity index (χ0v) is 11.4. The van der Waals surface area contributed by atoms with Gasteiger partial charge in [0.1, 0.15) is 12.1 Å². The molecule has 0 aliphatic carbocycles. The molecule has 1 aromatic rings. The maximum absolute atomic E-state index is 12.5. The number of carbonyl (C=O) groups is 3. The van der Waals surface area contributed by atoms with E-state index < -0.39 is 29.9 Å². The Morgan fingerprint density at radius 2 is 1.90 bits per heavy atom. The molecule has 3 rings (SSSR count). The van der Waals surface area contributed by atoms with E-state index in [0.29, 0.717) is 5.69 Å². The van der Waals surface area contributed by atoms with Gasteiger partial charge in [-0.1, -0.05) is 18.2 Å². The van der Waals surface area contributed by atoms with Crippen molar-refractivity contribution in [1.29, 1.82) is 0 Å². The third-order valence-electron chi connectivity index (χ3n) is 3.66. The van der Waals surface area contributed by atoms with Gasteiger partial charge in [-0.05, 0) is 19.1 Å². The molecule has 0 saturated carbocycles. The predicted octanol–water partition coefficient (Wildman–Crippen LogP) is -0.416. The first-order valence-electron chi connectivity index (χ1n) is 6.75. The monoisotopic (exact) mass is 289 g/mol. The van der Waals surface area contributed by atoms with Gasteiger partial charge in [0.05, 0.1) is 18.2 Å². The fourth-order valence-electron chi connectivity index (χ4n) is 2.72. The molecule has 21 heavy (non-hydrogen) atoms. The molecule has 2 aliphatic rings. The lowest BCUT2D eigenvalue weighted by Gasteiger charge is -2.18. The maximum Gasteiger partial charge on any atom is 0.325 e. The van der Waals surface area contributed by atoms with Crippen molar-refractivity contribution < 1.29 is 19.1 Å². The second-order valence-electron chi connectivity index (χ2n) is 4.87. The lowest BCUT2D eigenvalue weighted by Crippen LogP contribution is -2.46. The Balaban J connectivity index is 1.89. The van der Waals surface area contributed by atoms with Gasteiger partial charge in [-0.25, -0.2) is 15.8 Å². The molecule has 110 valence electrons. The summed E-state index contributed by atoms with van der Waals surface area (Å²) < 4.78 is 4.94. The predicted molar refractivity (Wildman–Crippen MR) is 72.9 cm³/mol. The van der Waals surface area contributed by atoms with Crippen molar-refractivity contribution in [3.05, 3.63) is 30.3 Å². The number of nitrogens with one attached hydrogen (secondary N) is 2. The average molecular weight is 289 g/mol. The number of benzene rings is 1. The zero-order valence-electron chi connectivity index (χ0n) is 11.4. The molecule has 7 nitrogen and oxygen atoms in total. The van der Waals surface area contributed by atoms with Gasteiger partial charge in [-0.2, -0.15) is 0 Å². The Morgan fingerprint density at radius 3 is 2.57 bits per heavy atom. The number of nitrogens with zero attached hydrogens (tertiary/aromatic N) is 1. The molecule has 1 aromatic carbocycles. The van der Waals surface area contributed by atoms with Crippen LogP contribution in [0.4, 0.5) is 5.69 Å². The quantitative estimate of drug-likeness (QED) is 0.581. The number of carbonyl (C=O) groups excluding carboxylic acids is 3. The molecule has 3 unspecified atom stereocenters. The van der Waals surface area contributed by atoms with Crippen molar-refractivity contribution >= 4 is 23.5 Å². The molecule has 2 fully saturated rings. The minimum Gasteiger partial charge on any atom is -0.465 e. The van der Waals surface area contributed by atoms with Gasteiger partial charge in [0, 0.05) is 0 Å². The Morgan fingerprint density at radius 1 is 1.19 bits per heavy atom. The summed E-state index contributed by atoms with van der Waals surface area (Å²) in [5, 5.41) is 0. The third kappa shape index (κ3) is 2.10. The standard InChI is InChI=1S/C14H15N3O4/c1-2-21-14(20)11-9-10(15-16-11)13(19)17(12(9)18)8-6-4-3-5-7-8/h3-7,9-11,15-16H,2H2,1H3. The summed E-state index contributed by atoms with van der Waals surface area (Å²) in [6, 6.07) is 7.08. The second-order valence-corrected chi connectivity index (χ2v) is 4.87. The van der Waals surface area contributed by atoms with Crippen molar-refractivity contribution in [2.24, 2.45) is 5.92 Å². The van der Waals surface area contributed by atoms with Crippen LogP contribution in [0.15, 0.2) is 30.3 Å². The van der Waals surface area contributed by atoms with E-state index in [1.165, 1.54) is 0 Å². The molecule has 0 aromatic heterocycles. The van der Waals surface area contributed by atoms with E-state index in [9.17, 15) is 14.4 Å². The first kappa shape index (κ1) is 13.7. The molecule has 2 aliphatic heterocycles. The van der Waals surface area contributed by atoms with Crippen molar-refractivity contribution in [3.63, 3.8) is 0 Å². The van der Waals surface area contributed by atoms with Crippen molar-refractivity contribution in [3.8, 4) is 0 Å². The largest absolute Gasteiger partial charge is 0.465 e. The molecule has 2 amide bonds. The van der Waals surface area contributed by atoms with Crippen LogP contribution < -0.4 is 15.8 Å². The van der Waals surface area contributed by atoms with Crippen molar-refractivity contribution in [2.75, 3.05) is 11.5 Å². The Kier molecular flexibility index (Phi) is 3.44. The molecule has 3 atom stereocenters. The van der Waals surface area contributed by atoms with E-state index in [0.717, 1.165) is 4.90 Å². The van der Waals surface area contributed by atoms with Gasteiger partial charge in [-0.3, -0.25) is 14.4 Å². The van der Waals surface area contributed by atoms with Crippen LogP contribution in [0.5, 0.6) is 0 Å². The highest BCUT2D eigenvalue weighted by Gasteiger charge is 2.57. The zero-order chi connectivity index (χ0) is 15.0. The fourth-order valence-corrected chi connectivity index (χ4v) is 2.72. The molecule has 0 spiro atoms.